The summed E-state index contributed by atoms with van der Waals surface area (Å²) in [5.41, 5.74) is 8.92. The first-order valence-corrected chi connectivity index (χ1v) is 8.47. The molecule has 132 valence electrons. The summed E-state index contributed by atoms with van der Waals surface area (Å²) in [5.74, 6) is 0.365. The van der Waals surface area contributed by atoms with Crippen molar-refractivity contribution in [2.75, 3.05) is 0 Å². The van der Waals surface area contributed by atoms with Gasteiger partial charge in [0.2, 0.25) is 0 Å². The van der Waals surface area contributed by atoms with E-state index in [9.17, 15) is 4.39 Å². The lowest BCUT2D eigenvalue weighted by Gasteiger charge is -2.11. The van der Waals surface area contributed by atoms with Crippen molar-refractivity contribution in [3.05, 3.63) is 83.8 Å². The van der Waals surface area contributed by atoms with Crippen molar-refractivity contribution in [3.63, 3.8) is 0 Å². The van der Waals surface area contributed by atoms with E-state index in [1.807, 2.05) is 42.5 Å². The first kappa shape index (κ1) is 17.8. The van der Waals surface area contributed by atoms with Crippen LogP contribution in [0.15, 0.2) is 66.9 Å². The van der Waals surface area contributed by atoms with Crippen molar-refractivity contribution in [2.45, 2.75) is 13.2 Å². The van der Waals surface area contributed by atoms with Gasteiger partial charge in [0.05, 0.1) is 0 Å². The van der Waals surface area contributed by atoms with E-state index in [0.717, 1.165) is 22.4 Å². The van der Waals surface area contributed by atoms with Crippen molar-refractivity contribution >= 4 is 17.3 Å². The van der Waals surface area contributed by atoms with Crippen LogP contribution in [0.4, 0.5) is 4.39 Å². The minimum atomic E-state index is -0.279. The second kappa shape index (κ2) is 8.40. The molecule has 0 saturated carbocycles. The number of hydrogen-bond acceptors (Lipinski definition) is 3. The summed E-state index contributed by atoms with van der Waals surface area (Å²) in [5, 5.41) is 3.18. The summed E-state index contributed by atoms with van der Waals surface area (Å²) in [6.07, 6.45) is 1.71. The molecule has 3 aromatic rings. The Hall–Kier alpha value is -2.99. The third kappa shape index (κ3) is 4.77. The summed E-state index contributed by atoms with van der Waals surface area (Å²) >= 11 is 4.81. The van der Waals surface area contributed by atoms with Gasteiger partial charge in [0.1, 0.15) is 23.9 Å². The Morgan fingerprint density at radius 1 is 1.08 bits per heavy atom. The highest BCUT2D eigenvalue weighted by Gasteiger charge is 2.08. The van der Waals surface area contributed by atoms with Gasteiger partial charge in [0.25, 0.3) is 0 Å². The first-order valence-electron chi connectivity index (χ1n) is 8.07. The second-order valence-corrected chi connectivity index (χ2v) is 6.12. The van der Waals surface area contributed by atoms with Crippen LogP contribution in [0.2, 0.25) is 0 Å². The predicted molar refractivity (Wildman–Crippen MR) is 104 cm³/mol. The summed E-state index contributed by atoms with van der Waals surface area (Å²) in [7, 11) is 0. The van der Waals surface area contributed by atoms with Gasteiger partial charge in [-0.25, -0.2) is 4.39 Å². The lowest BCUT2D eigenvalue weighted by atomic mass is 10.1. The van der Waals surface area contributed by atoms with Crippen LogP contribution in [-0.4, -0.2) is 10.1 Å². The maximum absolute atomic E-state index is 13.3. The Morgan fingerprint density at radius 3 is 2.62 bits per heavy atom. The normalized spacial score (nSPS) is 10.3. The third-order valence-electron chi connectivity index (χ3n) is 3.75. The van der Waals surface area contributed by atoms with Crippen molar-refractivity contribution in [3.8, 4) is 17.0 Å². The van der Waals surface area contributed by atoms with Gasteiger partial charge < -0.3 is 15.8 Å². The Morgan fingerprint density at radius 2 is 1.88 bits per heavy atom. The summed E-state index contributed by atoms with van der Waals surface area (Å²) in [4.78, 5) is 4.43. The van der Waals surface area contributed by atoms with Crippen LogP contribution in [0.3, 0.4) is 0 Å². The lowest BCUT2D eigenvalue weighted by molar-refractivity contribution is 0.306. The number of nitrogens with one attached hydrogen (secondary N) is 1. The van der Waals surface area contributed by atoms with Crippen LogP contribution in [0, 0.1) is 5.82 Å². The number of hydrogen-bond donors (Lipinski definition) is 2. The van der Waals surface area contributed by atoms with Gasteiger partial charge in [0, 0.05) is 18.3 Å². The molecule has 0 unspecified atom stereocenters. The SMILES string of the molecule is NC(=S)NCc1ccc(-c2ncccc2OCc2cccc(F)c2)cc1. The maximum atomic E-state index is 13.3. The van der Waals surface area contributed by atoms with Crippen LogP contribution in [0.1, 0.15) is 11.1 Å². The van der Waals surface area contributed by atoms with E-state index in [-0.39, 0.29) is 17.5 Å². The summed E-state index contributed by atoms with van der Waals surface area (Å²) in [6, 6.07) is 17.9. The van der Waals surface area contributed by atoms with Crippen LogP contribution in [-0.2, 0) is 13.2 Å². The number of benzene rings is 2. The van der Waals surface area contributed by atoms with Crippen molar-refractivity contribution < 1.29 is 9.13 Å². The molecule has 1 aromatic heterocycles. The standard InChI is InChI=1S/C20H18FN3OS/c21-17-4-1-3-15(11-17)13-25-18-5-2-10-23-19(18)16-8-6-14(7-9-16)12-24-20(22)26/h1-11H,12-13H2,(H3,22,24,26). The number of ether oxygens (including phenoxy) is 1. The second-order valence-electron chi connectivity index (χ2n) is 5.68. The molecule has 26 heavy (non-hydrogen) atoms. The van der Waals surface area contributed by atoms with Crippen molar-refractivity contribution in [2.24, 2.45) is 5.73 Å². The van der Waals surface area contributed by atoms with Crippen LogP contribution < -0.4 is 15.8 Å². The molecule has 0 fully saturated rings. The fourth-order valence-corrected chi connectivity index (χ4v) is 2.55. The van der Waals surface area contributed by atoms with E-state index < -0.39 is 0 Å². The monoisotopic (exact) mass is 367 g/mol. The molecular weight excluding hydrogens is 349 g/mol. The third-order valence-corrected chi connectivity index (χ3v) is 3.89. The minimum absolute atomic E-state index is 0.270. The molecular formula is C20H18FN3OS. The molecule has 0 radical (unpaired) electrons. The molecule has 1 heterocycles. The van der Waals surface area contributed by atoms with Crippen molar-refractivity contribution in [1.82, 2.24) is 10.3 Å². The Balaban J connectivity index is 1.75. The fourth-order valence-electron chi connectivity index (χ4n) is 2.48. The number of aromatic nitrogens is 1. The number of nitrogens with zero attached hydrogens (tertiary/aromatic N) is 1. The predicted octanol–water partition coefficient (Wildman–Crippen LogP) is 3.80. The van der Waals surface area contributed by atoms with E-state index in [2.05, 4.69) is 10.3 Å². The minimum Gasteiger partial charge on any atom is -0.487 e. The highest BCUT2D eigenvalue weighted by molar-refractivity contribution is 7.80. The summed E-state index contributed by atoms with van der Waals surface area (Å²) in [6.45, 7) is 0.840. The molecule has 0 aliphatic carbocycles. The highest BCUT2D eigenvalue weighted by atomic mass is 32.1. The Kier molecular flexibility index (Phi) is 5.76. The number of halogens is 1. The van der Waals surface area contributed by atoms with Crippen molar-refractivity contribution in [1.29, 1.82) is 0 Å². The molecule has 0 bridgehead atoms. The molecule has 3 rings (SSSR count). The van der Waals surface area contributed by atoms with Gasteiger partial charge in [-0.2, -0.15) is 0 Å². The molecule has 0 atom stereocenters. The molecule has 6 heteroatoms. The molecule has 0 saturated heterocycles. The molecule has 0 aliphatic heterocycles. The fraction of sp³-hybridized carbons (Fsp3) is 0.100. The Bertz CT molecular complexity index is 900. The van der Waals surface area contributed by atoms with Gasteiger partial charge in [-0.15, -0.1) is 0 Å². The van der Waals surface area contributed by atoms with E-state index in [0.29, 0.717) is 12.3 Å². The quantitative estimate of drug-likeness (QED) is 0.649. The zero-order valence-electron chi connectivity index (χ0n) is 14.0. The van der Waals surface area contributed by atoms with Crippen LogP contribution in [0.5, 0.6) is 5.75 Å². The number of rotatable bonds is 6. The summed E-state index contributed by atoms with van der Waals surface area (Å²) < 4.78 is 19.2. The number of pyridine rings is 1. The molecule has 0 aliphatic rings. The van der Waals surface area contributed by atoms with Gasteiger partial charge in [0.15, 0.2) is 5.11 Å². The van der Waals surface area contributed by atoms with E-state index in [1.165, 1.54) is 12.1 Å². The lowest BCUT2D eigenvalue weighted by Crippen LogP contribution is -2.28. The first-order chi connectivity index (χ1) is 12.6. The van der Waals surface area contributed by atoms with Gasteiger partial charge >= 0.3 is 0 Å². The largest absolute Gasteiger partial charge is 0.487 e. The average molecular weight is 367 g/mol. The zero-order chi connectivity index (χ0) is 18.4. The van der Waals surface area contributed by atoms with Gasteiger partial charge in [-0.1, -0.05) is 36.4 Å². The Labute approximate surface area is 156 Å². The maximum Gasteiger partial charge on any atom is 0.163 e. The molecule has 0 spiro atoms. The molecule has 0 amide bonds. The molecule has 4 nitrogen and oxygen atoms in total. The highest BCUT2D eigenvalue weighted by Crippen LogP contribution is 2.28. The van der Waals surface area contributed by atoms with E-state index in [1.54, 1.807) is 12.3 Å². The topological polar surface area (TPSA) is 60.2 Å². The zero-order valence-corrected chi connectivity index (χ0v) is 14.8. The van der Waals surface area contributed by atoms with Gasteiger partial charge in [-0.05, 0) is 47.6 Å². The average Bonchev–Trinajstić information content (AvgIpc) is 2.65. The van der Waals surface area contributed by atoms with Crippen LogP contribution in [0.25, 0.3) is 11.3 Å². The number of nitrogens with two attached hydrogens (primary N) is 1. The smallest absolute Gasteiger partial charge is 0.163 e. The van der Waals surface area contributed by atoms with E-state index >= 15 is 0 Å². The molecule has 3 N–H and O–H groups in total. The number of thiocarbonyl (C=S) groups is 1. The van der Waals surface area contributed by atoms with Crippen LogP contribution >= 0.6 is 12.2 Å². The van der Waals surface area contributed by atoms with E-state index in [4.69, 9.17) is 22.7 Å². The molecule has 2 aromatic carbocycles. The van der Waals surface area contributed by atoms with Gasteiger partial charge in [-0.3, -0.25) is 4.98 Å².